The molecule has 0 heterocycles. The maximum absolute atomic E-state index is 13.0. The minimum atomic E-state index is -0.804. The standard InChI is InChI=1S/C77H130O6/c1-4-7-10-13-16-19-22-25-28-31-33-34-35-36-37-38-39-40-41-42-44-46-49-52-55-58-61-64-67-70-76(79)82-73-74(72-81-75(78)69-66-63-60-57-54-51-48-45-30-27-24-21-18-15-12-9-6-3)83-77(80)71-68-65-62-59-56-53-50-47-43-32-29-26-23-20-17-14-11-8-5-2/h7,9-10,12,16,18-19,21,25,27-28,30,33-34,36-37,48,51,57,60,74H,4-6,8,11,13-15,17,20,22-24,26,29,31-32,35,38-47,49-50,52-56,58-59,61-73H2,1-3H3/b10-7-,12-9-,19-16-,21-18-,28-25-,30-27-,34-33-,37-36-,51-48-,60-57-. The number of carbonyl (C=O) groups excluding carboxylic acids is 3. The van der Waals surface area contributed by atoms with Crippen LogP contribution >= 0.6 is 0 Å². The van der Waals surface area contributed by atoms with Crippen LogP contribution in [0.4, 0.5) is 0 Å². The number of hydrogen-bond donors (Lipinski definition) is 0. The topological polar surface area (TPSA) is 78.9 Å². The Hall–Kier alpha value is -4.19. The zero-order valence-corrected chi connectivity index (χ0v) is 54.4. The van der Waals surface area contributed by atoms with Crippen LogP contribution in [0.1, 0.15) is 329 Å². The van der Waals surface area contributed by atoms with Crippen molar-refractivity contribution >= 4 is 17.9 Å². The Morgan fingerprint density at radius 2 is 0.482 bits per heavy atom. The maximum atomic E-state index is 13.0. The van der Waals surface area contributed by atoms with Gasteiger partial charge in [0.2, 0.25) is 0 Å². The van der Waals surface area contributed by atoms with Crippen molar-refractivity contribution < 1.29 is 28.6 Å². The van der Waals surface area contributed by atoms with E-state index in [0.29, 0.717) is 19.3 Å². The maximum Gasteiger partial charge on any atom is 0.306 e. The summed E-state index contributed by atoms with van der Waals surface area (Å²) in [7, 11) is 0. The molecule has 1 unspecified atom stereocenters. The van der Waals surface area contributed by atoms with Gasteiger partial charge in [-0.3, -0.25) is 14.4 Å². The van der Waals surface area contributed by atoms with E-state index in [1.807, 2.05) is 0 Å². The van der Waals surface area contributed by atoms with E-state index >= 15 is 0 Å². The Kier molecular flexibility index (Phi) is 66.7. The summed E-state index contributed by atoms with van der Waals surface area (Å²) in [5.41, 5.74) is 0. The van der Waals surface area contributed by atoms with Crippen molar-refractivity contribution in [3.8, 4) is 0 Å². The van der Waals surface area contributed by atoms with Crippen molar-refractivity contribution in [1.29, 1.82) is 0 Å². The summed E-state index contributed by atoms with van der Waals surface area (Å²) >= 11 is 0. The minimum Gasteiger partial charge on any atom is -0.462 e. The molecule has 6 nitrogen and oxygen atoms in total. The summed E-state index contributed by atoms with van der Waals surface area (Å²) in [4.78, 5) is 38.4. The fourth-order valence-corrected chi connectivity index (χ4v) is 9.80. The van der Waals surface area contributed by atoms with Gasteiger partial charge in [-0.1, -0.05) is 328 Å². The highest BCUT2D eigenvalue weighted by Crippen LogP contribution is 2.17. The first-order valence-corrected chi connectivity index (χ1v) is 35.0. The van der Waals surface area contributed by atoms with E-state index in [0.717, 1.165) is 109 Å². The quantitative estimate of drug-likeness (QED) is 0.0261. The van der Waals surface area contributed by atoms with Crippen molar-refractivity contribution in [2.75, 3.05) is 13.2 Å². The lowest BCUT2D eigenvalue weighted by atomic mass is 10.0. The third kappa shape index (κ3) is 68.5. The van der Waals surface area contributed by atoms with Gasteiger partial charge in [-0.05, 0) is 103 Å². The molecule has 0 aliphatic heterocycles. The predicted octanol–water partition coefficient (Wildman–Crippen LogP) is 24.3. The lowest BCUT2D eigenvalue weighted by molar-refractivity contribution is -0.167. The number of esters is 3. The van der Waals surface area contributed by atoms with E-state index in [-0.39, 0.29) is 37.5 Å². The molecule has 0 rings (SSSR count). The van der Waals surface area contributed by atoms with Gasteiger partial charge in [-0.15, -0.1) is 0 Å². The van der Waals surface area contributed by atoms with E-state index in [4.69, 9.17) is 14.2 Å². The highest BCUT2D eigenvalue weighted by atomic mass is 16.6. The molecule has 0 saturated carbocycles. The first kappa shape index (κ1) is 78.8. The number of carbonyl (C=O) groups is 3. The average Bonchev–Trinajstić information content (AvgIpc) is 3.49. The summed E-state index contributed by atoms with van der Waals surface area (Å²) in [5.74, 6) is -0.943. The molecular weight excluding hydrogens is 1020 g/mol. The molecule has 0 radical (unpaired) electrons. The van der Waals surface area contributed by atoms with Crippen molar-refractivity contribution in [3.63, 3.8) is 0 Å². The molecule has 0 saturated heterocycles. The fraction of sp³-hybridized carbons (Fsp3) is 0.701. The van der Waals surface area contributed by atoms with Crippen LogP contribution in [0.5, 0.6) is 0 Å². The highest BCUT2D eigenvalue weighted by Gasteiger charge is 2.19. The molecule has 0 aromatic heterocycles. The normalized spacial score (nSPS) is 12.9. The van der Waals surface area contributed by atoms with Gasteiger partial charge in [0.05, 0.1) is 0 Å². The van der Waals surface area contributed by atoms with Crippen LogP contribution in [0.2, 0.25) is 0 Å². The van der Waals surface area contributed by atoms with E-state index in [1.165, 1.54) is 173 Å². The summed E-state index contributed by atoms with van der Waals surface area (Å²) in [6.07, 6.45) is 98.0. The highest BCUT2D eigenvalue weighted by molar-refractivity contribution is 5.71. The minimum absolute atomic E-state index is 0.0951. The molecule has 1 atom stereocenters. The smallest absolute Gasteiger partial charge is 0.306 e. The Labute approximate surface area is 513 Å². The van der Waals surface area contributed by atoms with Gasteiger partial charge < -0.3 is 14.2 Å². The third-order valence-corrected chi connectivity index (χ3v) is 15.0. The fourth-order valence-electron chi connectivity index (χ4n) is 9.80. The second-order valence-electron chi connectivity index (χ2n) is 23.0. The first-order chi connectivity index (χ1) is 41.0. The third-order valence-electron chi connectivity index (χ3n) is 15.0. The zero-order chi connectivity index (χ0) is 59.9. The Morgan fingerprint density at radius 3 is 0.783 bits per heavy atom. The molecule has 6 heteroatoms. The van der Waals surface area contributed by atoms with Crippen molar-refractivity contribution in [2.24, 2.45) is 0 Å². The summed E-state index contributed by atoms with van der Waals surface area (Å²) in [6, 6.07) is 0. The summed E-state index contributed by atoms with van der Waals surface area (Å²) in [5, 5.41) is 0. The molecule has 0 spiro atoms. The van der Waals surface area contributed by atoms with Crippen LogP contribution in [-0.2, 0) is 28.6 Å². The van der Waals surface area contributed by atoms with E-state index in [1.54, 1.807) is 0 Å². The first-order valence-electron chi connectivity index (χ1n) is 35.0. The van der Waals surface area contributed by atoms with Gasteiger partial charge in [-0.25, -0.2) is 0 Å². The Bertz CT molecular complexity index is 1700. The predicted molar refractivity (Wildman–Crippen MR) is 362 cm³/mol. The second-order valence-corrected chi connectivity index (χ2v) is 23.0. The molecule has 0 aliphatic carbocycles. The zero-order valence-electron chi connectivity index (χ0n) is 54.4. The molecule has 0 bridgehead atoms. The van der Waals surface area contributed by atoms with E-state index in [9.17, 15) is 14.4 Å². The Morgan fingerprint density at radius 1 is 0.253 bits per heavy atom. The number of hydrogen-bond acceptors (Lipinski definition) is 6. The van der Waals surface area contributed by atoms with Crippen molar-refractivity contribution in [3.05, 3.63) is 122 Å². The largest absolute Gasteiger partial charge is 0.462 e. The van der Waals surface area contributed by atoms with Crippen LogP contribution in [-0.4, -0.2) is 37.2 Å². The van der Waals surface area contributed by atoms with Crippen LogP contribution < -0.4 is 0 Å². The number of allylic oxidation sites excluding steroid dienone is 20. The molecule has 0 aromatic rings. The molecule has 0 amide bonds. The monoisotopic (exact) mass is 1150 g/mol. The van der Waals surface area contributed by atoms with Crippen LogP contribution in [0.25, 0.3) is 0 Å². The lowest BCUT2D eigenvalue weighted by Crippen LogP contribution is -2.30. The van der Waals surface area contributed by atoms with E-state index < -0.39 is 6.10 Å². The van der Waals surface area contributed by atoms with Crippen molar-refractivity contribution in [1.82, 2.24) is 0 Å². The van der Waals surface area contributed by atoms with Crippen LogP contribution in [0.3, 0.4) is 0 Å². The second kappa shape index (κ2) is 70.3. The molecule has 83 heavy (non-hydrogen) atoms. The molecule has 0 aromatic carbocycles. The molecule has 0 aliphatic rings. The van der Waals surface area contributed by atoms with Crippen LogP contribution in [0.15, 0.2) is 122 Å². The molecule has 474 valence electrons. The SMILES string of the molecule is CC/C=C\C/C=C\C/C=C\C/C=C\C/C=C\CCCCCCCCCCCCCCCC(=O)OCC(COC(=O)CCC/C=C\C/C=C\C/C=C\C/C=C\C/C=C\CC)OC(=O)CCCCCCCCCCCCCCCCCCCCC. The van der Waals surface area contributed by atoms with E-state index in [2.05, 4.69) is 142 Å². The Balaban J connectivity index is 4.36. The molecule has 0 N–H and O–H groups in total. The number of ether oxygens (including phenoxy) is 3. The van der Waals surface area contributed by atoms with Gasteiger partial charge in [0.15, 0.2) is 6.10 Å². The van der Waals surface area contributed by atoms with Gasteiger partial charge in [0.25, 0.3) is 0 Å². The summed E-state index contributed by atoms with van der Waals surface area (Å²) in [6.45, 7) is 6.40. The van der Waals surface area contributed by atoms with Gasteiger partial charge in [0, 0.05) is 19.3 Å². The lowest BCUT2D eigenvalue weighted by Gasteiger charge is -2.18. The van der Waals surface area contributed by atoms with Gasteiger partial charge in [-0.2, -0.15) is 0 Å². The van der Waals surface area contributed by atoms with Gasteiger partial charge >= 0.3 is 17.9 Å². The van der Waals surface area contributed by atoms with Crippen molar-refractivity contribution in [2.45, 2.75) is 335 Å². The number of rotatable bonds is 63. The molecular formula is C77H130O6. The number of unbranched alkanes of at least 4 members (excludes halogenated alkanes) is 32. The average molecular weight is 1150 g/mol. The summed E-state index contributed by atoms with van der Waals surface area (Å²) < 4.78 is 16.9. The van der Waals surface area contributed by atoms with Crippen LogP contribution in [0, 0.1) is 0 Å². The molecule has 0 fully saturated rings. The van der Waals surface area contributed by atoms with Gasteiger partial charge in [0.1, 0.15) is 13.2 Å².